The maximum absolute atomic E-state index is 12.4. The van der Waals surface area contributed by atoms with Crippen LogP contribution in [0, 0.1) is 18.3 Å². The van der Waals surface area contributed by atoms with E-state index < -0.39 is 27.3 Å². The number of ether oxygens (including phenoxy) is 1. The van der Waals surface area contributed by atoms with Crippen molar-refractivity contribution >= 4 is 16.1 Å². The number of nitrogens with zero attached hydrogens (tertiary/aromatic N) is 2. The predicted octanol–water partition coefficient (Wildman–Crippen LogP) is 3.28. The van der Waals surface area contributed by atoms with Crippen LogP contribution in [0.15, 0.2) is 24.3 Å². The third kappa shape index (κ3) is 3.82. The fraction of sp³-hybridized carbons (Fsp3) is 0.294. The minimum absolute atomic E-state index is 0.0903. The molecule has 1 aromatic carbocycles. The van der Waals surface area contributed by atoms with Crippen LogP contribution in [0.5, 0.6) is 5.75 Å². The average Bonchev–Trinajstić information content (AvgIpc) is 2.85. The molecule has 150 valence electrons. The van der Waals surface area contributed by atoms with Gasteiger partial charge in [0.2, 0.25) is 0 Å². The van der Waals surface area contributed by atoms with Gasteiger partial charge in [-0.05, 0) is 31.5 Å². The number of alkyl halides is 3. The fourth-order valence-corrected chi connectivity index (χ4v) is 2.97. The van der Waals surface area contributed by atoms with Gasteiger partial charge in [0.15, 0.2) is 0 Å². The maximum atomic E-state index is 12.4. The van der Waals surface area contributed by atoms with Crippen molar-refractivity contribution in [2.24, 2.45) is 7.05 Å². The zero-order valence-corrected chi connectivity index (χ0v) is 15.8. The summed E-state index contributed by atoms with van der Waals surface area (Å²) < 4.78 is 70.0. The van der Waals surface area contributed by atoms with Crippen LogP contribution in [-0.4, -0.2) is 31.1 Å². The predicted molar refractivity (Wildman–Crippen MR) is 91.9 cm³/mol. The molecule has 0 radical (unpaired) electrons. The molecular weight excluding hydrogens is 401 g/mol. The molecule has 0 saturated carbocycles. The van der Waals surface area contributed by atoms with Crippen LogP contribution < -0.4 is 4.18 Å². The summed E-state index contributed by atoms with van der Waals surface area (Å²) >= 11 is 0. The fourth-order valence-electron chi connectivity index (χ4n) is 2.51. The summed E-state index contributed by atoms with van der Waals surface area (Å²) in [4.78, 5) is 12.3. The first-order valence-corrected chi connectivity index (χ1v) is 9.23. The third-order valence-corrected chi connectivity index (χ3v) is 4.88. The number of halogens is 3. The number of benzene rings is 1. The van der Waals surface area contributed by atoms with Crippen LogP contribution in [-0.2, 0) is 21.9 Å². The van der Waals surface area contributed by atoms with Crippen molar-refractivity contribution in [3.63, 3.8) is 0 Å². The van der Waals surface area contributed by atoms with Gasteiger partial charge in [-0.2, -0.15) is 26.9 Å². The SMILES string of the molecule is CCOC(=O)c1c(-c2ccc(OS(=O)(=O)C(F)(F)F)cc2)c(C#N)c(C)n1C. The van der Waals surface area contributed by atoms with Gasteiger partial charge in [0.05, 0.1) is 12.2 Å². The Kier molecular flexibility index (Phi) is 5.75. The first-order chi connectivity index (χ1) is 12.9. The van der Waals surface area contributed by atoms with E-state index >= 15 is 0 Å². The highest BCUT2D eigenvalue weighted by molar-refractivity contribution is 7.88. The Morgan fingerprint density at radius 2 is 1.82 bits per heavy atom. The Morgan fingerprint density at radius 3 is 2.29 bits per heavy atom. The molecule has 0 atom stereocenters. The molecule has 11 heteroatoms. The second-order valence-electron chi connectivity index (χ2n) is 5.58. The number of aromatic nitrogens is 1. The average molecular weight is 416 g/mol. The summed E-state index contributed by atoms with van der Waals surface area (Å²) in [6, 6.07) is 6.48. The summed E-state index contributed by atoms with van der Waals surface area (Å²) in [6.45, 7) is 3.34. The van der Waals surface area contributed by atoms with E-state index in [-0.39, 0.29) is 23.4 Å². The minimum atomic E-state index is -5.80. The molecule has 28 heavy (non-hydrogen) atoms. The second-order valence-corrected chi connectivity index (χ2v) is 7.12. The van der Waals surface area contributed by atoms with E-state index in [1.165, 1.54) is 16.7 Å². The quantitative estimate of drug-likeness (QED) is 0.421. The summed E-state index contributed by atoms with van der Waals surface area (Å²) in [6.07, 6.45) is 0. The molecule has 0 N–H and O–H groups in total. The smallest absolute Gasteiger partial charge is 0.461 e. The van der Waals surface area contributed by atoms with Crippen molar-refractivity contribution in [3.05, 3.63) is 41.2 Å². The highest BCUT2D eigenvalue weighted by Crippen LogP contribution is 2.34. The van der Waals surface area contributed by atoms with E-state index in [1.807, 2.05) is 6.07 Å². The lowest BCUT2D eigenvalue weighted by Gasteiger charge is -2.10. The van der Waals surface area contributed by atoms with Crippen LogP contribution in [0.3, 0.4) is 0 Å². The number of esters is 1. The Bertz CT molecular complexity index is 1050. The van der Waals surface area contributed by atoms with Crippen LogP contribution in [0.4, 0.5) is 13.2 Å². The zero-order chi connectivity index (χ0) is 21.3. The van der Waals surface area contributed by atoms with Crippen LogP contribution in [0.2, 0.25) is 0 Å². The van der Waals surface area contributed by atoms with E-state index in [9.17, 15) is 31.6 Å². The first-order valence-electron chi connectivity index (χ1n) is 7.82. The molecule has 1 aromatic heterocycles. The van der Waals surface area contributed by atoms with Gasteiger partial charge >= 0.3 is 21.6 Å². The second kappa shape index (κ2) is 7.55. The number of carbonyl (C=O) groups is 1. The highest BCUT2D eigenvalue weighted by atomic mass is 32.2. The Labute approximate surface area is 159 Å². The van der Waals surface area contributed by atoms with Crippen LogP contribution in [0.25, 0.3) is 11.1 Å². The van der Waals surface area contributed by atoms with E-state index in [1.54, 1.807) is 20.9 Å². The molecule has 0 bridgehead atoms. The normalized spacial score (nSPS) is 11.8. The van der Waals surface area contributed by atoms with Crippen molar-refractivity contribution in [2.75, 3.05) is 6.61 Å². The number of hydrogen-bond donors (Lipinski definition) is 0. The van der Waals surface area contributed by atoms with Gasteiger partial charge in [0, 0.05) is 18.3 Å². The lowest BCUT2D eigenvalue weighted by molar-refractivity contribution is -0.0500. The van der Waals surface area contributed by atoms with Crippen molar-refractivity contribution in [1.82, 2.24) is 4.57 Å². The molecule has 2 rings (SSSR count). The Morgan fingerprint density at radius 1 is 1.25 bits per heavy atom. The van der Waals surface area contributed by atoms with Crippen LogP contribution >= 0.6 is 0 Å². The Balaban J connectivity index is 2.54. The monoisotopic (exact) mass is 416 g/mol. The molecule has 0 fully saturated rings. The molecule has 0 amide bonds. The van der Waals surface area contributed by atoms with Gasteiger partial charge in [0.1, 0.15) is 17.5 Å². The largest absolute Gasteiger partial charge is 0.534 e. The van der Waals surface area contributed by atoms with Gasteiger partial charge < -0.3 is 13.5 Å². The highest BCUT2D eigenvalue weighted by Gasteiger charge is 2.48. The lowest BCUT2D eigenvalue weighted by Crippen LogP contribution is -2.28. The van der Waals surface area contributed by atoms with E-state index in [2.05, 4.69) is 4.18 Å². The van der Waals surface area contributed by atoms with Gasteiger partial charge in [0.25, 0.3) is 0 Å². The zero-order valence-electron chi connectivity index (χ0n) is 15.0. The first kappa shape index (κ1) is 21.3. The molecular formula is C17H15F3N2O5S. The number of hydrogen-bond acceptors (Lipinski definition) is 6. The van der Waals surface area contributed by atoms with Crippen LogP contribution in [0.1, 0.15) is 28.7 Å². The molecule has 7 nitrogen and oxygen atoms in total. The molecule has 1 heterocycles. The standard InChI is InChI=1S/C17H15F3N2O5S/c1-4-26-16(23)15-14(13(9-21)10(2)22(15)3)11-5-7-12(8-6-11)27-28(24,25)17(18,19)20/h5-8H,4H2,1-3H3. The number of nitriles is 1. The van der Waals surface area contributed by atoms with Crippen molar-refractivity contribution in [1.29, 1.82) is 5.26 Å². The van der Waals surface area contributed by atoms with Crippen molar-refractivity contribution in [2.45, 2.75) is 19.4 Å². The molecule has 2 aromatic rings. The number of rotatable bonds is 5. The van der Waals surface area contributed by atoms with Gasteiger partial charge in [-0.1, -0.05) is 12.1 Å². The molecule has 0 aliphatic heterocycles. The molecule has 0 saturated heterocycles. The molecule has 0 unspecified atom stereocenters. The van der Waals surface area contributed by atoms with Crippen molar-refractivity contribution < 1.29 is 35.3 Å². The maximum Gasteiger partial charge on any atom is 0.534 e. The van der Waals surface area contributed by atoms with Gasteiger partial charge in [-0.15, -0.1) is 0 Å². The van der Waals surface area contributed by atoms with Gasteiger partial charge in [-0.25, -0.2) is 4.79 Å². The molecule has 0 aliphatic rings. The van der Waals surface area contributed by atoms with E-state index in [4.69, 9.17) is 4.74 Å². The summed E-state index contributed by atoms with van der Waals surface area (Å²) in [5.41, 5.74) is -4.27. The van der Waals surface area contributed by atoms with Gasteiger partial charge in [-0.3, -0.25) is 0 Å². The van der Waals surface area contributed by atoms with Crippen molar-refractivity contribution in [3.8, 4) is 22.9 Å². The third-order valence-electron chi connectivity index (χ3n) is 3.90. The Hall–Kier alpha value is -3.00. The topological polar surface area (TPSA) is 98.4 Å². The molecule has 0 spiro atoms. The van der Waals surface area contributed by atoms with E-state index in [0.29, 0.717) is 11.3 Å². The summed E-state index contributed by atoms with van der Waals surface area (Å²) in [7, 11) is -4.23. The number of carbonyl (C=O) groups excluding carboxylic acids is 1. The summed E-state index contributed by atoms with van der Waals surface area (Å²) in [5, 5.41) is 9.46. The lowest BCUT2D eigenvalue weighted by atomic mass is 10.0. The molecule has 0 aliphatic carbocycles. The minimum Gasteiger partial charge on any atom is -0.461 e. The van der Waals surface area contributed by atoms with E-state index in [0.717, 1.165) is 12.1 Å². The summed E-state index contributed by atoms with van der Waals surface area (Å²) in [5.74, 6) is -1.24.